The lowest BCUT2D eigenvalue weighted by molar-refractivity contribution is 0.218. The van der Waals surface area contributed by atoms with Crippen LogP contribution in [0.5, 0.6) is 5.88 Å². The minimum atomic E-state index is 0.703. The van der Waals surface area contributed by atoms with Crippen LogP contribution in [0.25, 0.3) is 0 Å². The maximum absolute atomic E-state index is 5.12. The number of ether oxygens (including phenoxy) is 1. The first-order valence-electron chi connectivity index (χ1n) is 7.32. The molecule has 3 fully saturated rings. The van der Waals surface area contributed by atoms with Crippen LogP contribution in [0.1, 0.15) is 18.4 Å². The van der Waals surface area contributed by atoms with Crippen LogP contribution in [-0.2, 0) is 6.54 Å². The number of fused-ring (bicyclic) bond motifs is 5. The number of hydrogen-bond donors (Lipinski definition) is 1. The molecule has 3 aliphatic rings. The molecule has 0 aliphatic carbocycles. The van der Waals surface area contributed by atoms with Crippen LogP contribution in [0.4, 0.5) is 0 Å². The molecule has 0 radical (unpaired) electrons. The molecule has 3 saturated heterocycles. The Morgan fingerprint density at radius 2 is 2.00 bits per heavy atom. The van der Waals surface area contributed by atoms with E-state index in [2.05, 4.69) is 21.3 Å². The lowest BCUT2D eigenvalue weighted by Crippen LogP contribution is -2.33. The molecular weight excluding hydrogens is 238 g/mol. The second kappa shape index (κ2) is 4.46. The van der Waals surface area contributed by atoms with Gasteiger partial charge in [-0.1, -0.05) is 6.07 Å². The van der Waals surface area contributed by atoms with Crippen LogP contribution in [0, 0.1) is 11.8 Å². The largest absolute Gasteiger partial charge is 0.481 e. The average Bonchev–Trinajstić information content (AvgIpc) is 3.12. The maximum atomic E-state index is 5.12. The van der Waals surface area contributed by atoms with Gasteiger partial charge in [0, 0.05) is 30.9 Å². The van der Waals surface area contributed by atoms with E-state index in [0.29, 0.717) is 5.88 Å². The highest BCUT2D eigenvalue weighted by atomic mass is 16.5. The molecule has 4 atom stereocenters. The first kappa shape index (κ1) is 11.7. The first-order chi connectivity index (χ1) is 9.36. The lowest BCUT2D eigenvalue weighted by Gasteiger charge is -2.24. The van der Waals surface area contributed by atoms with Crippen molar-refractivity contribution in [2.75, 3.05) is 20.2 Å². The Morgan fingerprint density at radius 3 is 2.58 bits per heavy atom. The predicted molar refractivity (Wildman–Crippen MR) is 73.0 cm³/mol. The van der Waals surface area contributed by atoms with E-state index >= 15 is 0 Å². The summed E-state index contributed by atoms with van der Waals surface area (Å²) in [6.07, 6.45) is 4.73. The molecule has 0 amide bonds. The maximum Gasteiger partial charge on any atom is 0.212 e. The highest BCUT2D eigenvalue weighted by Gasteiger charge is 2.54. The first-order valence-corrected chi connectivity index (χ1v) is 7.32. The number of methoxy groups -OCH3 is 1. The molecule has 0 spiro atoms. The molecule has 19 heavy (non-hydrogen) atoms. The van der Waals surface area contributed by atoms with Crippen molar-refractivity contribution in [2.45, 2.75) is 31.5 Å². The Hall–Kier alpha value is -1.13. The van der Waals surface area contributed by atoms with Crippen molar-refractivity contribution in [3.8, 4) is 5.88 Å². The monoisotopic (exact) mass is 259 g/mol. The van der Waals surface area contributed by atoms with Gasteiger partial charge in [-0.25, -0.2) is 4.98 Å². The highest BCUT2D eigenvalue weighted by Crippen LogP contribution is 2.47. The summed E-state index contributed by atoms with van der Waals surface area (Å²) >= 11 is 0. The van der Waals surface area contributed by atoms with E-state index < -0.39 is 0 Å². The Bertz CT molecular complexity index is 443. The number of nitrogens with zero attached hydrogens (tertiary/aromatic N) is 2. The normalized spacial score (nSPS) is 36.7. The third-order valence-corrected chi connectivity index (χ3v) is 5.28. The summed E-state index contributed by atoms with van der Waals surface area (Å²) in [6, 6.07) is 5.71. The van der Waals surface area contributed by atoms with Gasteiger partial charge in [0.05, 0.1) is 7.11 Å². The molecule has 4 rings (SSSR count). The van der Waals surface area contributed by atoms with Gasteiger partial charge in [-0.2, -0.15) is 0 Å². The summed E-state index contributed by atoms with van der Waals surface area (Å²) in [5, 5.41) is 3.57. The number of pyridine rings is 1. The highest BCUT2D eigenvalue weighted by molar-refractivity contribution is 5.19. The van der Waals surface area contributed by atoms with Gasteiger partial charge in [0.2, 0.25) is 5.88 Å². The fraction of sp³-hybridized carbons (Fsp3) is 0.667. The SMILES string of the molecule is COc1ccc(CN2C3CC[C@@H]2[C@@H]2CNC[C@H]32)cn1. The van der Waals surface area contributed by atoms with E-state index in [0.717, 1.165) is 30.5 Å². The van der Waals surface area contributed by atoms with Crippen molar-refractivity contribution >= 4 is 0 Å². The van der Waals surface area contributed by atoms with Gasteiger partial charge in [0.25, 0.3) is 0 Å². The topological polar surface area (TPSA) is 37.4 Å². The molecule has 102 valence electrons. The van der Waals surface area contributed by atoms with E-state index in [4.69, 9.17) is 4.74 Å². The molecule has 1 aromatic rings. The minimum absolute atomic E-state index is 0.703. The van der Waals surface area contributed by atoms with Gasteiger partial charge >= 0.3 is 0 Å². The molecule has 4 nitrogen and oxygen atoms in total. The fourth-order valence-corrected chi connectivity index (χ4v) is 4.47. The van der Waals surface area contributed by atoms with Crippen LogP contribution in [-0.4, -0.2) is 42.2 Å². The molecular formula is C15H21N3O. The van der Waals surface area contributed by atoms with E-state index in [1.165, 1.54) is 31.5 Å². The van der Waals surface area contributed by atoms with E-state index in [-0.39, 0.29) is 0 Å². The molecule has 2 bridgehead atoms. The van der Waals surface area contributed by atoms with Crippen LogP contribution in [0.3, 0.4) is 0 Å². The zero-order chi connectivity index (χ0) is 12.8. The zero-order valence-corrected chi connectivity index (χ0v) is 11.4. The molecule has 0 aromatic carbocycles. The van der Waals surface area contributed by atoms with Gasteiger partial charge in [0.1, 0.15) is 0 Å². The van der Waals surface area contributed by atoms with E-state index in [9.17, 15) is 0 Å². The Balaban J connectivity index is 1.51. The number of nitrogens with one attached hydrogen (secondary N) is 1. The predicted octanol–water partition coefficient (Wildman–Crippen LogP) is 1.27. The smallest absolute Gasteiger partial charge is 0.212 e. The average molecular weight is 259 g/mol. The molecule has 0 saturated carbocycles. The van der Waals surface area contributed by atoms with Crippen molar-refractivity contribution in [1.82, 2.24) is 15.2 Å². The molecule has 4 heteroatoms. The second-order valence-corrected chi connectivity index (χ2v) is 6.08. The van der Waals surface area contributed by atoms with Crippen molar-refractivity contribution < 1.29 is 4.74 Å². The summed E-state index contributed by atoms with van der Waals surface area (Å²) in [6.45, 7) is 3.51. The summed E-state index contributed by atoms with van der Waals surface area (Å²) in [7, 11) is 1.66. The van der Waals surface area contributed by atoms with Crippen molar-refractivity contribution in [2.24, 2.45) is 11.8 Å². The summed E-state index contributed by atoms with van der Waals surface area (Å²) in [5.41, 5.74) is 1.31. The lowest BCUT2D eigenvalue weighted by atomic mass is 9.82. The molecule has 1 aromatic heterocycles. The number of rotatable bonds is 3. The number of hydrogen-bond acceptors (Lipinski definition) is 4. The van der Waals surface area contributed by atoms with Crippen molar-refractivity contribution in [1.29, 1.82) is 0 Å². The van der Waals surface area contributed by atoms with E-state index in [1.807, 2.05) is 12.3 Å². The second-order valence-electron chi connectivity index (χ2n) is 6.08. The van der Waals surface area contributed by atoms with Gasteiger partial charge in [-0.3, -0.25) is 4.90 Å². The Kier molecular flexibility index (Phi) is 2.74. The molecule has 3 aliphatic heterocycles. The van der Waals surface area contributed by atoms with Gasteiger partial charge < -0.3 is 10.1 Å². The third kappa shape index (κ3) is 1.77. The number of aromatic nitrogens is 1. The van der Waals surface area contributed by atoms with Gasteiger partial charge in [-0.05, 0) is 43.3 Å². The Labute approximate surface area is 114 Å². The molecule has 1 unspecified atom stereocenters. The molecule has 4 heterocycles. The van der Waals surface area contributed by atoms with Crippen LogP contribution in [0.2, 0.25) is 0 Å². The van der Waals surface area contributed by atoms with Crippen LogP contribution < -0.4 is 10.1 Å². The Morgan fingerprint density at radius 1 is 1.26 bits per heavy atom. The van der Waals surface area contributed by atoms with Crippen molar-refractivity contribution in [3.05, 3.63) is 23.9 Å². The summed E-state index contributed by atoms with van der Waals surface area (Å²) < 4.78 is 5.12. The quantitative estimate of drug-likeness (QED) is 0.887. The zero-order valence-electron chi connectivity index (χ0n) is 11.4. The summed E-state index contributed by atoms with van der Waals surface area (Å²) in [4.78, 5) is 7.06. The van der Waals surface area contributed by atoms with E-state index in [1.54, 1.807) is 7.11 Å². The van der Waals surface area contributed by atoms with Crippen LogP contribution >= 0.6 is 0 Å². The minimum Gasteiger partial charge on any atom is -0.481 e. The van der Waals surface area contributed by atoms with Crippen LogP contribution in [0.15, 0.2) is 18.3 Å². The van der Waals surface area contributed by atoms with Gasteiger partial charge in [-0.15, -0.1) is 0 Å². The summed E-state index contributed by atoms with van der Waals surface area (Å²) in [5.74, 6) is 2.49. The fourth-order valence-electron chi connectivity index (χ4n) is 4.47. The third-order valence-electron chi connectivity index (χ3n) is 5.28. The standard InChI is InChI=1S/C15H21N3O/c1-19-15-5-2-10(6-17-15)9-18-13-3-4-14(18)12-8-16-7-11(12)13/h2,5-6,11-14,16H,3-4,7-9H2,1H3/t11-,12+,13-,14?/m1/s1. The van der Waals surface area contributed by atoms with Crippen molar-refractivity contribution in [3.63, 3.8) is 0 Å². The van der Waals surface area contributed by atoms with Gasteiger partial charge in [0.15, 0.2) is 0 Å². The molecule has 1 N–H and O–H groups in total.